The highest BCUT2D eigenvalue weighted by Gasteiger charge is 1.65. The Labute approximate surface area is 55.5 Å². The van der Waals surface area contributed by atoms with Crippen LogP contribution in [0.25, 0.3) is 0 Å². The summed E-state index contributed by atoms with van der Waals surface area (Å²) in [6.45, 7) is 0. The van der Waals surface area contributed by atoms with E-state index >= 15 is 0 Å². The van der Waals surface area contributed by atoms with Crippen LogP contribution in [0, 0.1) is 0 Å². The number of hydrogen-bond donors (Lipinski definition) is 2. The SMILES string of the molecule is NC(=O)O.c1cnsn1. The molecule has 6 heteroatoms. The highest BCUT2D eigenvalue weighted by atomic mass is 32.1. The van der Waals surface area contributed by atoms with Crippen LogP contribution in [0.1, 0.15) is 0 Å². The Bertz CT molecular complexity index is 131. The molecule has 1 aromatic rings. The van der Waals surface area contributed by atoms with Crippen molar-refractivity contribution in [2.24, 2.45) is 5.73 Å². The van der Waals surface area contributed by atoms with Crippen LogP contribution in [0.3, 0.4) is 0 Å². The van der Waals surface area contributed by atoms with Crippen molar-refractivity contribution in [3.05, 3.63) is 12.4 Å². The first-order chi connectivity index (χ1) is 4.23. The Morgan fingerprint density at radius 3 is 2.00 bits per heavy atom. The molecule has 50 valence electrons. The fraction of sp³-hybridized carbons (Fsp3) is 0. The lowest BCUT2D eigenvalue weighted by molar-refractivity contribution is 0.205. The summed E-state index contributed by atoms with van der Waals surface area (Å²) >= 11 is 1.21. The predicted octanol–water partition coefficient (Wildman–Crippen LogP) is 0.161. The Hall–Kier alpha value is -1.17. The first kappa shape index (κ1) is 7.83. The van der Waals surface area contributed by atoms with Gasteiger partial charge in [-0.05, 0) is 0 Å². The van der Waals surface area contributed by atoms with Crippen LogP contribution in [0.5, 0.6) is 0 Å². The lowest BCUT2D eigenvalue weighted by Gasteiger charge is -1.61. The van der Waals surface area contributed by atoms with Gasteiger partial charge in [0.15, 0.2) is 0 Å². The lowest BCUT2D eigenvalue weighted by Crippen LogP contribution is -2.03. The van der Waals surface area contributed by atoms with Gasteiger partial charge in [-0.2, -0.15) is 8.75 Å². The predicted molar refractivity (Wildman–Crippen MR) is 32.1 cm³/mol. The summed E-state index contributed by atoms with van der Waals surface area (Å²) in [4.78, 5) is 8.78. The Kier molecular flexibility index (Phi) is 4.33. The number of rotatable bonds is 0. The maximum absolute atomic E-state index is 8.78. The zero-order valence-corrected chi connectivity index (χ0v) is 5.21. The van der Waals surface area contributed by atoms with Crippen molar-refractivity contribution in [3.63, 3.8) is 0 Å². The van der Waals surface area contributed by atoms with Gasteiger partial charge in [-0.3, -0.25) is 0 Å². The van der Waals surface area contributed by atoms with Gasteiger partial charge in [0.25, 0.3) is 0 Å². The van der Waals surface area contributed by atoms with Crippen molar-refractivity contribution in [2.75, 3.05) is 0 Å². The van der Waals surface area contributed by atoms with Crippen molar-refractivity contribution in [1.29, 1.82) is 0 Å². The molecule has 0 fully saturated rings. The fourth-order valence-corrected chi connectivity index (χ4v) is 0.408. The second-order valence-electron chi connectivity index (χ2n) is 0.929. The van der Waals surface area contributed by atoms with Crippen LogP contribution in [0.4, 0.5) is 4.79 Å². The molecule has 0 spiro atoms. The van der Waals surface area contributed by atoms with Crippen molar-refractivity contribution in [2.45, 2.75) is 0 Å². The molecule has 1 rings (SSSR count). The van der Waals surface area contributed by atoms with Gasteiger partial charge in [-0.25, -0.2) is 4.79 Å². The molecule has 0 radical (unpaired) electrons. The molecular formula is C3H5N3O2S. The fourth-order valence-electron chi connectivity index (χ4n) is 0.136. The van der Waals surface area contributed by atoms with E-state index in [2.05, 4.69) is 14.5 Å². The smallest absolute Gasteiger partial charge is 0.402 e. The minimum Gasteiger partial charge on any atom is -0.465 e. The summed E-state index contributed by atoms with van der Waals surface area (Å²) in [6, 6.07) is 0. The van der Waals surface area contributed by atoms with E-state index in [1.807, 2.05) is 0 Å². The normalized spacial score (nSPS) is 7.11. The monoisotopic (exact) mass is 147 g/mol. The third kappa shape index (κ3) is 10.9. The van der Waals surface area contributed by atoms with E-state index in [-0.39, 0.29) is 0 Å². The van der Waals surface area contributed by atoms with E-state index < -0.39 is 6.09 Å². The third-order valence-corrected chi connectivity index (χ3v) is 0.715. The molecule has 1 amide bonds. The minimum atomic E-state index is -1.33. The number of hydrogen-bond acceptors (Lipinski definition) is 4. The Morgan fingerprint density at radius 1 is 1.56 bits per heavy atom. The topological polar surface area (TPSA) is 89.1 Å². The summed E-state index contributed by atoms with van der Waals surface area (Å²) in [7, 11) is 0. The summed E-state index contributed by atoms with van der Waals surface area (Å²) in [5, 5.41) is 7.19. The zero-order chi connectivity index (χ0) is 7.11. The third-order valence-electron chi connectivity index (χ3n) is 0.283. The number of aromatic nitrogens is 2. The molecule has 1 heterocycles. The second-order valence-corrected chi connectivity index (χ2v) is 1.51. The van der Waals surface area contributed by atoms with Crippen molar-refractivity contribution in [1.82, 2.24) is 8.75 Å². The number of amides is 1. The molecule has 0 aliphatic rings. The molecular weight excluding hydrogens is 142 g/mol. The largest absolute Gasteiger partial charge is 0.465 e. The van der Waals surface area contributed by atoms with Gasteiger partial charge in [0.05, 0.1) is 24.1 Å². The van der Waals surface area contributed by atoms with E-state index in [0.717, 1.165) is 0 Å². The number of nitrogens with zero attached hydrogens (tertiary/aromatic N) is 2. The van der Waals surface area contributed by atoms with Gasteiger partial charge in [0, 0.05) is 0 Å². The van der Waals surface area contributed by atoms with Gasteiger partial charge in [0.1, 0.15) is 0 Å². The molecule has 1 aromatic heterocycles. The second kappa shape index (κ2) is 4.98. The molecule has 9 heavy (non-hydrogen) atoms. The molecule has 0 bridgehead atoms. The number of primary amides is 1. The number of carbonyl (C=O) groups is 1. The maximum atomic E-state index is 8.78. The van der Waals surface area contributed by atoms with Crippen LogP contribution in [0.15, 0.2) is 12.4 Å². The van der Waals surface area contributed by atoms with E-state index in [1.165, 1.54) is 11.7 Å². The minimum absolute atomic E-state index is 1.21. The molecule has 3 N–H and O–H groups in total. The van der Waals surface area contributed by atoms with Gasteiger partial charge in [-0.15, -0.1) is 0 Å². The zero-order valence-electron chi connectivity index (χ0n) is 4.39. The van der Waals surface area contributed by atoms with Crippen LogP contribution in [-0.2, 0) is 0 Å². The highest BCUT2D eigenvalue weighted by Crippen LogP contribution is 1.74. The summed E-state index contributed by atoms with van der Waals surface area (Å²) in [5.74, 6) is 0. The molecule has 0 aliphatic heterocycles. The van der Waals surface area contributed by atoms with E-state index in [9.17, 15) is 0 Å². The Balaban J connectivity index is 0.000000148. The lowest BCUT2D eigenvalue weighted by atomic mass is 11.0. The van der Waals surface area contributed by atoms with E-state index in [1.54, 1.807) is 12.4 Å². The number of nitrogens with two attached hydrogens (primary N) is 1. The van der Waals surface area contributed by atoms with Gasteiger partial charge in [-0.1, -0.05) is 0 Å². The van der Waals surface area contributed by atoms with Crippen LogP contribution in [0.2, 0.25) is 0 Å². The van der Waals surface area contributed by atoms with Crippen LogP contribution in [-0.4, -0.2) is 19.9 Å². The van der Waals surface area contributed by atoms with Crippen LogP contribution >= 0.6 is 11.7 Å². The average Bonchev–Trinajstić information content (AvgIpc) is 2.11. The van der Waals surface area contributed by atoms with Gasteiger partial charge < -0.3 is 10.8 Å². The van der Waals surface area contributed by atoms with Gasteiger partial charge in [0.2, 0.25) is 0 Å². The summed E-state index contributed by atoms with van der Waals surface area (Å²) in [5.41, 5.74) is 4.03. The van der Waals surface area contributed by atoms with Gasteiger partial charge >= 0.3 is 6.09 Å². The first-order valence-corrected chi connectivity index (χ1v) is 2.66. The quantitative estimate of drug-likeness (QED) is 0.547. The van der Waals surface area contributed by atoms with Crippen molar-refractivity contribution in [3.8, 4) is 0 Å². The molecule has 0 saturated heterocycles. The summed E-state index contributed by atoms with van der Waals surface area (Å²) < 4.78 is 7.31. The molecule has 5 nitrogen and oxygen atoms in total. The molecule has 0 saturated carbocycles. The highest BCUT2D eigenvalue weighted by molar-refractivity contribution is 6.98. The Morgan fingerprint density at radius 2 is 1.89 bits per heavy atom. The van der Waals surface area contributed by atoms with Crippen LogP contribution < -0.4 is 5.73 Å². The van der Waals surface area contributed by atoms with E-state index in [0.29, 0.717) is 0 Å². The summed E-state index contributed by atoms with van der Waals surface area (Å²) in [6.07, 6.45) is 1.98. The van der Waals surface area contributed by atoms with Crippen molar-refractivity contribution >= 4 is 17.8 Å². The molecule has 0 aliphatic carbocycles. The average molecular weight is 147 g/mol. The first-order valence-electron chi connectivity index (χ1n) is 1.93. The number of carboxylic acid groups (broad SMARTS) is 1. The molecule has 0 unspecified atom stereocenters. The molecule has 0 aromatic carbocycles. The van der Waals surface area contributed by atoms with E-state index in [4.69, 9.17) is 9.90 Å². The molecule has 0 atom stereocenters. The standard InChI is InChI=1S/C2H2N2S.CH3NO2/c1-2-4-5-3-1;2-1(3)4/h1-2H;2H2,(H,3,4). The van der Waals surface area contributed by atoms with Crippen molar-refractivity contribution < 1.29 is 9.90 Å². The maximum Gasteiger partial charge on any atom is 0.402 e.